The third-order valence-electron chi connectivity index (χ3n) is 1.79. The van der Waals surface area contributed by atoms with Gasteiger partial charge in [-0.15, -0.1) is 0 Å². The number of ether oxygens (including phenoxy) is 1. The summed E-state index contributed by atoms with van der Waals surface area (Å²) in [5, 5.41) is 2.49. The molecular weight excluding hydrogens is 229 g/mol. The molecule has 1 N–H and O–H groups in total. The summed E-state index contributed by atoms with van der Waals surface area (Å²) in [6.07, 6.45) is 0. The molecule has 5 nitrogen and oxygen atoms in total. The molecule has 1 unspecified atom stereocenters. The second kappa shape index (κ2) is 6.20. The first-order valence-corrected chi connectivity index (χ1v) is 5.85. The predicted octanol–water partition coefficient (Wildman–Crippen LogP) is 1.87. The van der Waals surface area contributed by atoms with E-state index < -0.39 is 20.2 Å². The van der Waals surface area contributed by atoms with E-state index in [9.17, 15) is 9.36 Å². The number of carbonyl (C=O) groups excluding carboxylic acids is 1. The van der Waals surface area contributed by atoms with Crippen molar-refractivity contribution in [2.45, 2.75) is 13.0 Å². The summed E-state index contributed by atoms with van der Waals surface area (Å²) in [4.78, 5) is 11.0. The number of carbonyl (C=O) groups is 1. The normalized spacial score (nSPS) is 12.8. The fourth-order valence-corrected chi connectivity index (χ4v) is 1.78. The monoisotopic (exact) mass is 242 g/mol. The Labute approximate surface area is 94.7 Å². The molecule has 16 heavy (non-hydrogen) atoms. The summed E-state index contributed by atoms with van der Waals surface area (Å²) >= 11 is 0. The summed E-state index contributed by atoms with van der Waals surface area (Å²) in [7, 11) is -0.866. The topological polar surface area (TPSA) is 64.6 Å². The third-order valence-corrected chi connectivity index (χ3v) is 2.76. The van der Waals surface area contributed by atoms with Gasteiger partial charge in [0.1, 0.15) is 6.04 Å². The van der Waals surface area contributed by atoms with Gasteiger partial charge < -0.3 is 4.74 Å². The van der Waals surface area contributed by atoms with Gasteiger partial charge >= 0.3 is 14.1 Å². The van der Waals surface area contributed by atoms with Crippen LogP contribution in [0.25, 0.3) is 0 Å². The van der Waals surface area contributed by atoms with Gasteiger partial charge in [-0.1, -0.05) is 23.3 Å². The van der Waals surface area contributed by atoms with Crippen molar-refractivity contribution in [1.29, 1.82) is 0 Å². The number of methoxy groups -OCH3 is 1. The molecule has 6 heteroatoms. The highest BCUT2D eigenvalue weighted by Gasteiger charge is 2.27. The smallest absolute Gasteiger partial charge is 0.468 e. The van der Waals surface area contributed by atoms with Gasteiger partial charge in [0.05, 0.1) is 7.11 Å². The molecule has 1 aromatic rings. The lowest BCUT2D eigenvalue weighted by Gasteiger charge is -2.02. The fraction of sp³-hybridized carbons (Fsp3) is 0.300. The van der Waals surface area contributed by atoms with Crippen LogP contribution in [0.4, 0.5) is 0 Å². The van der Waals surface area contributed by atoms with Crippen LogP contribution < -0.4 is 9.61 Å². The largest absolute Gasteiger partial charge is 0.664 e. The Morgan fingerprint density at radius 3 is 2.56 bits per heavy atom. The minimum absolute atomic E-state index is 0.480. The van der Waals surface area contributed by atoms with Crippen LogP contribution in [0.1, 0.15) is 6.92 Å². The van der Waals surface area contributed by atoms with Gasteiger partial charge in [-0.3, -0.25) is 4.79 Å². The van der Waals surface area contributed by atoms with Gasteiger partial charge in [0.25, 0.3) is 0 Å². The number of rotatable bonds is 5. The molecule has 0 fully saturated rings. The van der Waals surface area contributed by atoms with Gasteiger partial charge in [-0.2, -0.15) is 0 Å². The van der Waals surface area contributed by atoms with E-state index in [1.165, 1.54) is 7.11 Å². The average Bonchev–Trinajstić information content (AvgIpc) is 2.29. The average molecular weight is 242 g/mol. The Kier molecular flexibility index (Phi) is 4.89. The molecule has 86 valence electrons. The van der Waals surface area contributed by atoms with E-state index in [1.54, 1.807) is 31.2 Å². The molecule has 1 aromatic carbocycles. The molecule has 0 saturated carbocycles. The molecule has 0 radical (unpaired) electrons. The fourth-order valence-electron chi connectivity index (χ4n) is 0.991. The summed E-state index contributed by atoms with van der Waals surface area (Å²) in [5.41, 5.74) is 0. The van der Waals surface area contributed by atoms with E-state index in [2.05, 4.69) is 9.82 Å². The summed E-state index contributed by atoms with van der Waals surface area (Å²) in [6, 6.07) is 8.04. The van der Waals surface area contributed by atoms with Crippen molar-refractivity contribution in [3.63, 3.8) is 0 Å². The maximum Gasteiger partial charge on any atom is 0.664 e. The molecule has 0 bridgehead atoms. The number of nitrogens with one attached hydrogen (secondary N) is 1. The molecule has 0 saturated heterocycles. The molecule has 0 aliphatic carbocycles. The number of esters is 1. The van der Waals surface area contributed by atoms with Gasteiger partial charge in [0.15, 0.2) is 5.75 Å². The highest BCUT2D eigenvalue weighted by molar-refractivity contribution is 7.37. The quantitative estimate of drug-likeness (QED) is 0.630. The SMILES string of the molecule is COC(=O)[C@H](C)N[P+](=O)Oc1ccccc1. The van der Waals surface area contributed by atoms with Crippen LogP contribution in [0.2, 0.25) is 0 Å². The number of hydrogen-bond acceptors (Lipinski definition) is 4. The number of benzene rings is 1. The van der Waals surface area contributed by atoms with Crippen LogP contribution >= 0.6 is 8.18 Å². The third kappa shape index (κ3) is 3.96. The van der Waals surface area contributed by atoms with E-state index in [0.717, 1.165) is 0 Å². The first kappa shape index (κ1) is 12.6. The first-order chi connectivity index (χ1) is 7.63. The van der Waals surface area contributed by atoms with Crippen molar-refractivity contribution < 1.29 is 18.6 Å². The first-order valence-electron chi connectivity index (χ1n) is 4.67. The van der Waals surface area contributed by atoms with Crippen LogP contribution in [0.5, 0.6) is 5.75 Å². The Morgan fingerprint density at radius 1 is 1.38 bits per heavy atom. The van der Waals surface area contributed by atoms with Crippen molar-refractivity contribution in [1.82, 2.24) is 5.09 Å². The minimum Gasteiger partial charge on any atom is -0.468 e. The van der Waals surface area contributed by atoms with Gasteiger partial charge in [-0.05, 0) is 19.1 Å². The molecule has 1 rings (SSSR count). The summed E-state index contributed by atoms with van der Waals surface area (Å²) in [6.45, 7) is 1.55. The second-order valence-corrected chi connectivity index (χ2v) is 3.99. The molecule has 0 amide bonds. The maximum absolute atomic E-state index is 11.5. The molecular formula is C10H13NO4P+. The zero-order chi connectivity index (χ0) is 12.0. The molecule has 2 atom stereocenters. The van der Waals surface area contributed by atoms with Crippen molar-refractivity contribution in [3.05, 3.63) is 30.3 Å². The lowest BCUT2D eigenvalue weighted by atomic mass is 10.3. The van der Waals surface area contributed by atoms with Crippen LogP contribution in [0.15, 0.2) is 30.3 Å². The molecule has 0 heterocycles. The van der Waals surface area contributed by atoms with Crippen LogP contribution in [-0.4, -0.2) is 19.1 Å². The summed E-state index contributed by atoms with van der Waals surface area (Å²) in [5.74, 6) is -0.00631. The lowest BCUT2D eigenvalue weighted by Crippen LogP contribution is -2.30. The van der Waals surface area contributed by atoms with Crippen molar-refractivity contribution in [2.24, 2.45) is 0 Å². The van der Waals surface area contributed by atoms with E-state index in [1.807, 2.05) is 6.07 Å². The van der Waals surface area contributed by atoms with Gasteiger partial charge in [0.2, 0.25) is 0 Å². The van der Waals surface area contributed by atoms with E-state index in [0.29, 0.717) is 5.75 Å². The molecule has 0 aliphatic heterocycles. The zero-order valence-corrected chi connectivity index (χ0v) is 9.94. The van der Waals surface area contributed by atoms with Crippen LogP contribution in [-0.2, 0) is 14.1 Å². The molecule has 0 aliphatic rings. The van der Waals surface area contributed by atoms with Crippen LogP contribution in [0, 0.1) is 0 Å². The Balaban J connectivity index is 2.45. The van der Waals surface area contributed by atoms with E-state index in [4.69, 9.17) is 4.52 Å². The predicted molar refractivity (Wildman–Crippen MR) is 59.3 cm³/mol. The maximum atomic E-state index is 11.5. The highest BCUT2D eigenvalue weighted by atomic mass is 31.1. The van der Waals surface area contributed by atoms with E-state index in [-0.39, 0.29) is 0 Å². The Bertz CT molecular complexity index is 368. The van der Waals surface area contributed by atoms with Crippen molar-refractivity contribution >= 4 is 14.1 Å². The second-order valence-electron chi connectivity index (χ2n) is 3.04. The number of para-hydroxylation sites is 1. The van der Waals surface area contributed by atoms with E-state index >= 15 is 0 Å². The van der Waals surface area contributed by atoms with Crippen molar-refractivity contribution in [2.75, 3.05) is 7.11 Å². The highest BCUT2D eigenvalue weighted by Crippen LogP contribution is 2.23. The lowest BCUT2D eigenvalue weighted by molar-refractivity contribution is -0.142. The van der Waals surface area contributed by atoms with Crippen LogP contribution in [0.3, 0.4) is 0 Å². The van der Waals surface area contributed by atoms with Gasteiger partial charge in [-0.25, -0.2) is 4.52 Å². The minimum atomic E-state index is -2.14. The zero-order valence-electron chi connectivity index (χ0n) is 9.04. The number of hydrogen-bond donors (Lipinski definition) is 1. The standard InChI is InChI=1S/C10H13NO4P/c1-8(10(12)14-2)11-16(13)15-9-6-4-3-5-7-9/h3-8H,1-2H3,(H,11,13)/q+1/t8-/m0/s1. The Hall–Kier alpha value is -1.45. The molecule has 0 spiro atoms. The Morgan fingerprint density at radius 2 is 2.00 bits per heavy atom. The van der Waals surface area contributed by atoms with Crippen molar-refractivity contribution in [3.8, 4) is 5.75 Å². The summed E-state index contributed by atoms with van der Waals surface area (Å²) < 4.78 is 21.0. The molecule has 0 aromatic heterocycles. The van der Waals surface area contributed by atoms with Gasteiger partial charge in [0, 0.05) is 4.57 Å².